The van der Waals surface area contributed by atoms with Crippen LogP contribution in [0.1, 0.15) is 65.9 Å². The fourth-order valence-corrected chi connectivity index (χ4v) is 4.91. The summed E-state index contributed by atoms with van der Waals surface area (Å²) in [6.07, 6.45) is 5.09. The molecule has 6 nitrogen and oxygen atoms in total. The Morgan fingerprint density at radius 1 is 0.564 bits per heavy atom. The molecule has 0 amide bonds. The van der Waals surface area contributed by atoms with Gasteiger partial charge in [-0.25, -0.2) is 0 Å². The second-order valence-electron chi connectivity index (χ2n) is 12.1. The number of hydrogen-bond donors (Lipinski definition) is 0. The monoisotopic (exact) mass is 555 g/mol. The van der Waals surface area contributed by atoms with E-state index in [1.807, 2.05) is 0 Å². The van der Waals surface area contributed by atoms with Crippen molar-refractivity contribution in [2.75, 3.05) is 101 Å². The third-order valence-electron chi connectivity index (χ3n) is 7.79. The smallest absolute Gasteiger partial charge is 0.104 e. The van der Waals surface area contributed by atoms with Gasteiger partial charge >= 0.3 is 0 Å². The van der Waals surface area contributed by atoms with Crippen molar-refractivity contribution in [3.63, 3.8) is 0 Å². The maximum absolute atomic E-state index is 5.37. The van der Waals surface area contributed by atoms with Gasteiger partial charge in [-0.05, 0) is 31.1 Å². The Kier molecular flexibility index (Phi) is 23.0. The lowest BCUT2D eigenvalue weighted by molar-refractivity contribution is -0.941. The third-order valence-corrected chi connectivity index (χ3v) is 7.79. The van der Waals surface area contributed by atoms with Crippen molar-refractivity contribution >= 4 is 0 Å². The number of nitrogens with zero attached hydrogens (tertiary/aromatic N) is 2. The minimum Gasteiger partial charge on any atom is -0.379 e. The molecule has 0 radical (unpaired) electrons. The van der Waals surface area contributed by atoms with E-state index in [-0.39, 0.29) is 0 Å². The van der Waals surface area contributed by atoms with Crippen LogP contribution >= 0.6 is 0 Å². The molecule has 0 fully saturated rings. The van der Waals surface area contributed by atoms with Gasteiger partial charge in [-0.2, -0.15) is 0 Å². The first-order chi connectivity index (χ1) is 18.7. The van der Waals surface area contributed by atoms with Gasteiger partial charge in [-0.1, -0.05) is 71.4 Å². The summed E-state index contributed by atoms with van der Waals surface area (Å²) >= 11 is 0. The summed E-state index contributed by atoms with van der Waals surface area (Å²) in [5.74, 6) is 1.50. The first kappa shape index (κ1) is 38.0. The van der Waals surface area contributed by atoms with Crippen LogP contribution in [-0.4, -0.2) is 110 Å². The van der Waals surface area contributed by atoms with E-state index >= 15 is 0 Å². The zero-order valence-corrected chi connectivity index (χ0v) is 27.4. The molecule has 0 saturated carbocycles. The molecule has 0 spiro atoms. The molecule has 0 bridgehead atoms. The average Bonchev–Trinajstić information content (AvgIpc) is 2.94. The first-order valence-corrected chi connectivity index (χ1v) is 15.4. The van der Waals surface area contributed by atoms with Gasteiger partial charge in [0.15, 0.2) is 0 Å². The SMILES string of the molecule is CCCC[N+](CCOC)(CCOC)CCC(C)C.COCC[N+](CCOC)(CCC(C)C)Cc1ccccc1. The molecular weight excluding hydrogens is 488 g/mol. The van der Waals surface area contributed by atoms with Crippen LogP contribution in [0, 0.1) is 11.8 Å². The molecule has 1 rings (SSSR count). The molecule has 0 heterocycles. The Balaban J connectivity index is 0.000000751. The van der Waals surface area contributed by atoms with E-state index < -0.39 is 0 Å². The molecule has 0 saturated heterocycles. The molecule has 6 heteroatoms. The lowest BCUT2D eigenvalue weighted by Crippen LogP contribution is -2.53. The maximum Gasteiger partial charge on any atom is 0.104 e. The van der Waals surface area contributed by atoms with Crippen molar-refractivity contribution < 1.29 is 27.9 Å². The van der Waals surface area contributed by atoms with Crippen LogP contribution in [0.25, 0.3) is 0 Å². The molecule has 0 N–H and O–H groups in total. The van der Waals surface area contributed by atoms with Crippen molar-refractivity contribution in [3.05, 3.63) is 35.9 Å². The van der Waals surface area contributed by atoms with Crippen molar-refractivity contribution in [3.8, 4) is 0 Å². The van der Waals surface area contributed by atoms with Gasteiger partial charge in [0.1, 0.15) is 32.7 Å². The van der Waals surface area contributed by atoms with Crippen molar-refractivity contribution in [1.82, 2.24) is 0 Å². The van der Waals surface area contributed by atoms with Crippen LogP contribution in [0.15, 0.2) is 30.3 Å². The average molecular weight is 555 g/mol. The van der Waals surface area contributed by atoms with Crippen LogP contribution < -0.4 is 0 Å². The Labute approximate surface area is 243 Å². The summed E-state index contributed by atoms with van der Waals surface area (Å²) in [6.45, 7) is 23.8. The molecule has 0 atom stereocenters. The quantitative estimate of drug-likeness (QED) is 0.149. The molecule has 0 unspecified atom stereocenters. The zero-order chi connectivity index (χ0) is 29.4. The normalized spacial score (nSPS) is 12.2. The van der Waals surface area contributed by atoms with Gasteiger partial charge in [-0.3, -0.25) is 0 Å². The summed E-state index contributed by atoms with van der Waals surface area (Å²) in [5, 5.41) is 0. The van der Waals surface area contributed by atoms with Crippen LogP contribution in [-0.2, 0) is 25.5 Å². The Bertz CT molecular complexity index is 625. The Hall–Kier alpha value is -1.02. The van der Waals surface area contributed by atoms with Gasteiger partial charge in [0.25, 0.3) is 0 Å². The summed E-state index contributed by atoms with van der Waals surface area (Å²) < 4.78 is 23.6. The van der Waals surface area contributed by atoms with Crippen LogP contribution in [0.4, 0.5) is 0 Å². The molecule has 39 heavy (non-hydrogen) atoms. The van der Waals surface area contributed by atoms with Gasteiger partial charge in [-0.15, -0.1) is 0 Å². The number of methoxy groups -OCH3 is 4. The number of benzene rings is 1. The van der Waals surface area contributed by atoms with Gasteiger partial charge in [0.05, 0.1) is 46.1 Å². The second-order valence-corrected chi connectivity index (χ2v) is 12.1. The largest absolute Gasteiger partial charge is 0.379 e. The molecule has 0 aliphatic rings. The van der Waals surface area contributed by atoms with E-state index in [0.717, 1.165) is 80.0 Å². The second kappa shape index (κ2) is 23.7. The van der Waals surface area contributed by atoms with Gasteiger partial charge < -0.3 is 27.9 Å². The molecule has 0 aliphatic heterocycles. The van der Waals surface area contributed by atoms with Gasteiger partial charge in [0, 0.05) is 34.0 Å². The summed E-state index contributed by atoms with van der Waals surface area (Å²) in [7, 11) is 7.17. The van der Waals surface area contributed by atoms with Crippen molar-refractivity contribution in [2.24, 2.45) is 11.8 Å². The zero-order valence-electron chi connectivity index (χ0n) is 27.4. The number of hydrogen-bond acceptors (Lipinski definition) is 4. The van der Waals surface area contributed by atoms with E-state index in [2.05, 4.69) is 65.0 Å². The summed E-state index contributed by atoms with van der Waals surface area (Å²) in [5.41, 5.74) is 1.40. The van der Waals surface area contributed by atoms with E-state index in [4.69, 9.17) is 18.9 Å². The standard InChI is InChI=1S/C18H32NO2.C15H34NO2/c1-17(2)10-11-19(12-14-20-3,13-15-21-4)16-18-8-6-5-7-9-18;1-6-7-9-16(11-13-17-4,12-14-18-5)10-8-15(2)3/h5-9,17H,10-16H2,1-4H3;15H,6-14H2,1-5H3/q2*+1. The van der Waals surface area contributed by atoms with E-state index in [0.29, 0.717) is 0 Å². The van der Waals surface area contributed by atoms with Gasteiger partial charge in [0.2, 0.25) is 0 Å². The van der Waals surface area contributed by atoms with Crippen molar-refractivity contribution in [2.45, 2.75) is 66.8 Å². The predicted molar refractivity (Wildman–Crippen MR) is 166 cm³/mol. The van der Waals surface area contributed by atoms with E-state index in [1.54, 1.807) is 28.4 Å². The number of quaternary nitrogens is 2. The molecule has 0 aromatic heterocycles. The predicted octanol–water partition coefficient (Wildman–Crippen LogP) is 6.28. The minimum atomic E-state index is 0.725. The number of rotatable bonds is 23. The van der Waals surface area contributed by atoms with Crippen LogP contribution in [0.5, 0.6) is 0 Å². The molecule has 1 aromatic rings. The fourth-order valence-electron chi connectivity index (χ4n) is 4.91. The van der Waals surface area contributed by atoms with Crippen LogP contribution in [0.2, 0.25) is 0 Å². The Morgan fingerprint density at radius 3 is 1.36 bits per heavy atom. The minimum absolute atomic E-state index is 0.725. The lowest BCUT2D eigenvalue weighted by atomic mass is 10.1. The highest BCUT2D eigenvalue weighted by molar-refractivity contribution is 5.13. The van der Waals surface area contributed by atoms with Crippen LogP contribution in [0.3, 0.4) is 0 Å². The highest BCUT2D eigenvalue weighted by Gasteiger charge is 2.28. The number of ether oxygens (including phenoxy) is 4. The fraction of sp³-hybridized carbons (Fsp3) is 0.818. The highest BCUT2D eigenvalue weighted by Crippen LogP contribution is 2.18. The van der Waals surface area contributed by atoms with Crippen molar-refractivity contribution in [1.29, 1.82) is 0 Å². The summed E-state index contributed by atoms with van der Waals surface area (Å²) in [4.78, 5) is 0. The molecule has 230 valence electrons. The molecule has 0 aliphatic carbocycles. The third kappa shape index (κ3) is 18.9. The topological polar surface area (TPSA) is 36.9 Å². The highest BCUT2D eigenvalue weighted by atomic mass is 16.5. The molecular formula is C33H66N2O4+2. The first-order valence-electron chi connectivity index (χ1n) is 15.4. The van der Waals surface area contributed by atoms with E-state index in [9.17, 15) is 0 Å². The maximum atomic E-state index is 5.37. The lowest BCUT2D eigenvalue weighted by Gasteiger charge is -2.39. The Morgan fingerprint density at radius 2 is 0.974 bits per heavy atom. The number of unbranched alkanes of at least 4 members (excludes halogenated alkanes) is 1. The van der Waals surface area contributed by atoms with E-state index in [1.165, 1.54) is 50.9 Å². The molecule has 1 aromatic carbocycles. The summed E-state index contributed by atoms with van der Waals surface area (Å²) in [6, 6.07) is 10.8.